The second-order valence-electron chi connectivity index (χ2n) is 7.67. The zero-order chi connectivity index (χ0) is 20.9. The molecule has 1 amide bonds. The van der Waals surface area contributed by atoms with Crippen LogP contribution in [0.25, 0.3) is 21.9 Å². The minimum Gasteiger partial charge on any atom is -0.326 e. The number of rotatable bonds is 6. The van der Waals surface area contributed by atoms with Crippen LogP contribution in [0, 0.1) is 0 Å². The van der Waals surface area contributed by atoms with E-state index < -0.39 is 0 Å². The quantitative estimate of drug-likeness (QED) is 0.402. The Labute approximate surface area is 177 Å². The first-order valence-electron chi connectivity index (χ1n) is 10.3. The molecule has 4 aromatic carbocycles. The fourth-order valence-electron chi connectivity index (χ4n) is 3.71. The number of amides is 1. The van der Waals surface area contributed by atoms with Crippen molar-refractivity contribution in [3.63, 3.8) is 0 Å². The minimum absolute atomic E-state index is 0.0622. The van der Waals surface area contributed by atoms with Gasteiger partial charge in [-0.15, -0.1) is 0 Å². The van der Waals surface area contributed by atoms with Gasteiger partial charge < -0.3 is 10.6 Å². The van der Waals surface area contributed by atoms with Gasteiger partial charge in [-0.1, -0.05) is 66.7 Å². The Morgan fingerprint density at radius 2 is 1.53 bits per heavy atom. The van der Waals surface area contributed by atoms with Gasteiger partial charge in [0.2, 0.25) is 5.91 Å². The molecule has 3 nitrogen and oxygen atoms in total. The number of nitrogens with one attached hydrogen (secondary N) is 2. The Morgan fingerprint density at radius 1 is 0.800 bits per heavy atom. The molecule has 0 aromatic heterocycles. The van der Waals surface area contributed by atoms with Crippen molar-refractivity contribution >= 4 is 22.4 Å². The lowest BCUT2D eigenvalue weighted by molar-refractivity contribution is -0.114. The van der Waals surface area contributed by atoms with Gasteiger partial charge in [0.15, 0.2) is 0 Å². The molecule has 0 saturated carbocycles. The second kappa shape index (κ2) is 8.93. The van der Waals surface area contributed by atoms with Crippen LogP contribution in [0.5, 0.6) is 0 Å². The van der Waals surface area contributed by atoms with E-state index in [4.69, 9.17) is 0 Å². The van der Waals surface area contributed by atoms with Gasteiger partial charge in [-0.25, -0.2) is 0 Å². The van der Waals surface area contributed by atoms with Crippen molar-refractivity contribution in [1.29, 1.82) is 0 Å². The number of carbonyl (C=O) groups is 1. The molecular formula is C27H26N2O. The van der Waals surface area contributed by atoms with Crippen LogP contribution in [-0.2, 0) is 11.3 Å². The van der Waals surface area contributed by atoms with Gasteiger partial charge in [0.25, 0.3) is 0 Å². The van der Waals surface area contributed by atoms with Gasteiger partial charge in [0.1, 0.15) is 0 Å². The number of hydrogen-bond donors (Lipinski definition) is 2. The van der Waals surface area contributed by atoms with E-state index in [9.17, 15) is 4.79 Å². The van der Waals surface area contributed by atoms with E-state index in [1.54, 1.807) is 0 Å². The van der Waals surface area contributed by atoms with E-state index in [0.29, 0.717) is 0 Å². The molecule has 0 aliphatic carbocycles. The maximum absolute atomic E-state index is 11.3. The predicted octanol–water partition coefficient (Wildman–Crippen LogP) is 6.32. The number of anilines is 1. The van der Waals surface area contributed by atoms with Gasteiger partial charge in [-0.2, -0.15) is 0 Å². The third-order valence-corrected chi connectivity index (χ3v) is 5.33. The summed E-state index contributed by atoms with van der Waals surface area (Å²) in [6.07, 6.45) is 0. The highest BCUT2D eigenvalue weighted by atomic mass is 16.1. The zero-order valence-corrected chi connectivity index (χ0v) is 17.4. The lowest BCUT2D eigenvalue weighted by Crippen LogP contribution is -2.18. The molecule has 3 heteroatoms. The summed E-state index contributed by atoms with van der Waals surface area (Å²) < 4.78 is 0. The summed E-state index contributed by atoms with van der Waals surface area (Å²) in [7, 11) is 0. The SMILES string of the molecule is CC(=O)Nc1cccc(-c2cccc(CN[C@H](C)c3ccc4ccccc4c3)c2)c1. The van der Waals surface area contributed by atoms with E-state index in [0.717, 1.165) is 23.4 Å². The highest BCUT2D eigenvalue weighted by Crippen LogP contribution is 2.25. The molecular weight excluding hydrogens is 368 g/mol. The third-order valence-electron chi connectivity index (χ3n) is 5.33. The molecule has 0 bridgehead atoms. The molecule has 0 aliphatic heterocycles. The van der Waals surface area contributed by atoms with E-state index in [1.807, 2.05) is 18.2 Å². The van der Waals surface area contributed by atoms with E-state index >= 15 is 0 Å². The predicted molar refractivity (Wildman–Crippen MR) is 125 cm³/mol. The number of hydrogen-bond acceptors (Lipinski definition) is 2. The van der Waals surface area contributed by atoms with Crippen molar-refractivity contribution in [3.05, 3.63) is 102 Å². The maximum atomic E-state index is 11.3. The number of benzene rings is 4. The molecule has 1 atom stereocenters. The van der Waals surface area contributed by atoms with Crippen LogP contribution in [0.4, 0.5) is 5.69 Å². The van der Waals surface area contributed by atoms with Gasteiger partial charge in [-0.05, 0) is 64.2 Å². The Morgan fingerprint density at radius 3 is 2.33 bits per heavy atom. The van der Waals surface area contributed by atoms with Crippen molar-refractivity contribution in [2.75, 3.05) is 5.32 Å². The van der Waals surface area contributed by atoms with E-state index in [2.05, 4.69) is 90.4 Å². The summed E-state index contributed by atoms with van der Waals surface area (Å²) in [5.41, 5.74) is 5.55. The second-order valence-corrected chi connectivity index (χ2v) is 7.67. The molecule has 0 fully saturated rings. The first kappa shape index (κ1) is 19.9. The average Bonchev–Trinajstić information content (AvgIpc) is 2.77. The van der Waals surface area contributed by atoms with Crippen molar-refractivity contribution in [2.45, 2.75) is 26.4 Å². The van der Waals surface area contributed by atoms with Gasteiger partial charge in [0.05, 0.1) is 0 Å². The molecule has 30 heavy (non-hydrogen) atoms. The highest BCUT2D eigenvalue weighted by molar-refractivity contribution is 5.89. The lowest BCUT2D eigenvalue weighted by Gasteiger charge is -2.16. The van der Waals surface area contributed by atoms with Gasteiger partial charge in [0, 0.05) is 25.2 Å². The van der Waals surface area contributed by atoms with E-state index in [-0.39, 0.29) is 11.9 Å². The molecule has 150 valence electrons. The van der Waals surface area contributed by atoms with Crippen molar-refractivity contribution in [3.8, 4) is 11.1 Å². The summed E-state index contributed by atoms with van der Waals surface area (Å²) in [6, 6.07) is 31.8. The fraction of sp³-hybridized carbons (Fsp3) is 0.148. The van der Waals surface area contributed by atoms with Crippen LogP contribution in [-0.4, -0.2) is 5.91 Å². The third kappa shape index (κ3) is 4.76. The van der Waals surface area contributed by atoms with Crippen LogP contribution < -0.4 is 10.6 Å². The molecule has 0 spiro atoms. The fourth-order valence-corrected chi connectivity index (χ4v) is 3.71. The molecule has 0 radical (unpaired) electrons. The van der Waals surface area contributed by atoms with Crippen LogP contribution in [0.3, 0.4) is 0 Å². The Kier molecular flexibility index (Phi) is 5.92. The van der Waals surface area contributed by atoms with Crippen molar-refractivity contribution < 1.29 is 4.79 Å². The Bertz CT molecular complexity index is 1180. The molecule has 0 heterocycles. The molecule has 0 aliphatic rings. The summed E-state index contributed by atoms with van der Waals surface area (Å²) in [5.74, 6) is -0.0622. The van der Waals surface area contributed by atoms with Crippen LogP contribution in [0.15, 0.2) is 91.0 Å². The number of fused-ring (bicyclic) bond motifs is 1. The first-order valence-corrected chi connectivity index (χ1v) is 10.3. The molecule has 2 N–H and O–H groups in total. The monoisotopic (exact) mass is 394 g/mol. The normalized spacial score (nSPS) is 11.9. The standard InChI is InChI=1S/C27H26N2O/c1-19(23-14-13-22-8-3-4-9-25(22)16-23)28-18-21-7-5-10-24(15-21)26-11-6-12-27(17-26)29-20(2)30/h3-17,19,28H,18H2,1-2H3,(H,29,30)/t19-/m1/s1. The average molecular weight is 395 g/mol. The molecule has 4 aromatic rings. The lowest BCUT2D eigenvalue weighted by atomic mass is 10.0. The summed E-state index contributed by atoms with van der Waals surface area (Å²) in [4.78, 5) is 11.3. The summed E-state index contributed by atoms with van der Waals surface area (Å²) in [5, 5.41) is 9.02. The highest BCUT2D eigenvalue weighted by Gasteiger charge is 2.07. The number of carbonyl (C=O) groups excluding carboxylic acids is 1. The zero-order valence-electron chi connectivity index (χ0n) is 17.4. The van der Waals surface area contributed by atoms with Crippen molar-refractivity contribution in [1.82, 2.24) is 5.32 Å². The van der Waals surface area contributed by atoms with Crippen LogP contribution in [0.2, 0.25) is 0 Å². The molecule has 0 unspecified atom stereocenters. The topological polar surface area (TPSA) is 41.1 Å². The summed E-state index contributed by atoms with van der Waals surface area (Å²) >= 11 is 0. The largest absolute Gasteiger partial charge is 0.326 e. The first-order chi connectivity index (χ1) is 14.6. The van der Waals surface area contributed by atoms with Gasteiger partial charge in [-0.3, -0.25) is 4.79 Å². The smallest absolute Gasteiger partial charge is 0.221 e. The Balaban J connectivity index is 1.47. The minimum atomic E-state index is -0.0622. The van der Waals surface area contributed by atoms with Crippen molar-refractivity contribution in [2.24, 2.45) is 0 Å². The molecule has 0 saturated heterocycles. The van der Waals surface area contributed by atoms with Gasteiger partial charge >= 0.3 is 0 Å². The van der Waals surface area contributed by atoms with E-state index in [1.165, 1.54) is 28.8 Å². The Hall–Kier alpha value is -3.43. The van der Waals surface area contributed by atoms with Crippen LogP contribution in [0.1, 0.15) is 31.0 Å². The molecule has 4 rings (SSSR count). The maximum Gasteiger partial charge on any atom is 0.221 e. The van der Waals surface area contributed by atoms with Crippen LogP contribution >= 0.6 is 0 Å². The summed E-state index contributed by atoms with van der Waals surface area (Å²) in [6.45, 7) is 4.51.